The van der Waals surface area contributed by atoms with E-state index in [0.717, 1.165) is 5.69 Å². The molecule has 0 aromatic carbocycles. The number of rotatable bonds is 3. The summed E-state index contributed by atoms with van der Waals surface area (Å²) in [4.78, 5) is 10.6. The van der Waals surface area contributed by atoms with Crippen LogP contribution in [0.1, 0.15) is 5.69 Å². The second-order valence-corrected chi connectivity index (χ2v) is 2.76. The Balaban J connectivity index is 2.02. The Labute approximate surface area is 80.2 Å². The van der Waals surface area contributed by atoms with Crippen LogP contribution in [0.25, 0.3) is 0 Å². The predicted octanol–water partition coefficient (Wildman–Crippen LogP) is 1.56. The molecule has 0 spiro atoms. The van der Waals surface area contributed by atoms with Crippen LogP contribution >= 0.6 is 0 Å². The average Bonchev–Trinajstić information content (AvgIpc) is 2.69. The van der Waals surface area contributed by atoms with Crippen LogP contribution in [0.5, 0.6) is 0 Å². The van der Waals surface area contributed by atoms with Crippen molar-refractivity contribution < 1.29 is 4.39 Å². The van der Waals surface area contributed by atoms with E-state index in [9.17, 15) is 4.39 Å². The van der Waals surface area contributed by atoms with Gasteiger partial charge in [-0.2, -0.15) is 0 Å². The van der Waals surface area contributed by atoms with Crippen LogP contribution in [0, 0.1) is 5.82 Å². The summed E-state index contributed by atoms with van der Waals surface area (Å²) in [7, 11) is 0. The van der Waals surface area contributed by atoms with Crippen molar-refractivity contribution in [3.63, 3.8) is 0 Å². The van der Waals surface area contributed by atoms with Gasteiger partial charge in [-0.05, 0) is 12.1 Å². The second-order valence-electron chi connectivity index (χ2n) is 2.76. The van der Waals surface area contributed by atoms with E-state index in [0.29, 0.717) is 6.54 Å². The molecule has 0 radical (unpaired) electrons. The summed E-state index contributed by atoms with van der Waals surface area (Å²) in [6.45, 7) is 0.480. The number of nitrogens with one attached hydrogen (secondary N) is 2. The zero-order valence-corrected chi connectivity index (χ0v) is 7.37. The molecule has 0 aliphatic carbocycles. The maximum Gasteiger partial charge on any atom is 0.165 e. The van der Waals surface area contributed by atoms with Crippen molar-refractivity contribution in [2.75, 3.05) is 5.32 Å². The molecule has 2 rings (SSSR count). The number of aromatic amines is 1. The van der Waals surface area contributed by atoms with E-state index in [4.69, 9.17) is 0 Å². The van der Waals surface area contributed by atoms with Gasteiger partial charge in [-0.25, -0.2) is 14.4 Å². The fourth-order valence-corrected chi connectivity index (χ4v) is 1.08. The number of aromatic nitrogens is 3. The van der Waals surface area contributed by atoms with Crippen molar-refractivity contribution in [2.24, 2.45) is 0 Å². The van der Waals surface area contributed by atoms with Gasteiger partial charge in [-0.1, -0.05) is 0 Å². The quantitative estimate of drug-likeness (QED) is 0.775. The number of imidazole rings is 1. The van der Waals surface area contributed by atoms with E-state index < -0.39 is 0 Å². The van der Waals surface area contributed by atoms with Crippen LogP contribution in [0.2, 0.25) is 0 Å². The van der Waals surface area contributed by atoms with Crippen LogP contribution < -0.4 is 5.32 Å². The van der Waals surface area contributed by atoms with E-state index in [-0.39, 0.29) is 11.6 Å². The summed E-state index contributed by atoms with van der Waals surface area (Å²) in [5, 5.41) is 2.86. The highest BCUT2D eigenvalue weighted by molar-refractivity contribution is 5.35. The molecule has 0 atom stereocenters. The van der Waals surface area contributed by atoms with Crippen LogP contribution in [0.4, 0.5) is 10.2 Å². The molecule has 0 bridgehead atoms. The third-order valence-electron chi connectivity index (χ3n) is 1.76. The van der Waals surface area contributed by atoms with Gasteiger partial charge in [0.25, 0.3) is 0 Å². The topological polar surface area (TPSA) is 53.6 Å². The minimum atomic E-state index is -0.355. The summed E-state index contributed by atoms with van der Waals surface area (Å²) >= 11 is 0. The molecular formula is C9H9FN4. The highest BCUT2D eigenvalue weighted by Crippen LogP contribution is 2.09. The predicted molar refractivity (Wildman–Crippen MR) is 50.1 cm³/mol. The van der Waals surface area contributed by atoms with Gasteiger partial charge in [0, 0.05) is 12.4 Å². The lowest BCUT2D eigenvalue weighted by molar-refractivity contribution is 0.624. The van der Waals surface area contributed by atoms with Crippen LogP contribution in [-0.4, -0.2) is 15.0 Å². The first-order valence-corrected chi connectivity index (χ1v) is 4.18. The molecule has 2 aromatic heterocycles. The van der Waals surface area contributed by atoms with E-state index in [1.54, 1.807) is 24.8 Å². The summed E-state index contributed by atoms with van der Waals surface area (Å²) in [5.74, 6) is -0.103. The maximum atomic E-state index is 13.1. The van der Waals surface area contributed by atoms with Gasteiger partial charge in [-0.3, -0.25) is 0 Å². The highest BCUT2D eigenvalue weighted by Gasteiger charge is 2.01. The number of H-pyrrole nitrogens is 1. The Kier molecular flexibility index (Phi) is 2.40. The molecule has 2 heterocycles. The number of nitrogens with zero attached hydrogens (tertiary/aromatic N) is 2. The first-order chi connectivity index (χ1) is 6.86. The monoisotopic (exact) mass is 192 g/mol. The minimum absolute atomic E-state index is 0.252. The first kappa shape index (κ1) is 8.68. The fourth-order valence-electron chi connectivity index (χ4n) is 1.08. The molecule has 0 amide bonds. The molecule has 0 fully saturated rings. The van der Waals surface area contributed by atoms with E-state index in [2.05, 4.69) is 20.3 Å². The Morgan fingerprint density at radius 1 is 1.50 bits per heavy atom. The lowest BCUT2D eigenvalue weighted by Gasteiger charge is -2.03. The molecule has 72 valence electrons. The van der Waals surface area contributed by atoms with E-state index in [1.165, 1.54) is 6.07 Å². The zero-order valence-electron chi connectivity index (χ0n) is 7.37. The van der Waals surface area contributed by atoms with E-state index in [1.807, 2.05) is 0 Å². The zero-order chi connectivity index (χ0) is 9.80. The normalized spacial score (nSPS) is 10.1. The van der Waals surface area contributed by atoms with E-state index >= 15 is 0 Å². The van der Waals surface area contributed by atoms with Gasteiger partial charge in [0.05, 0.1) is 18.6 Å². The smallest absolute Gasteiger partial charge is 0.165 e. The number of hydrogen-bond donors (Lipinski definition) is 2. The maximum absolute atomic E-state index is 13.1. The molecule has 4 nitrogen and oxygen atoms in total. The number of pyridine rings is 1. The molecule has 2 N–H and O–H groups in total. The SMILES string of the molecule is Fc1cccnc1NCc1cnc[nH]1. The molecule has 0 saturated heterocycles. The van der Waals surface area contributed by atoms with Gasteiger partial charge in [-0.15, -0.1) is 0 Å². The van der Waals surface area contributed by atoms with Gasteiger partial charge in [0.1, 0.15) is 0 Å². The average molecular weight is 192 g/mol. The van der Waals surface area contributed by atoms with Gasteiger partial charge < -0.3 is 10.3 Å². The molecule has 0 saturated carbocycles. The first-order valence-electron chi connectivity index (χ1n) is 4.18. The standard InChI is InChI=1S/C9H9FN4/c10-8-2-1-3-12-9(8)13-5-7-4-11-6-14-7/h1-4,6H,5H2,(H,11,14)(H,12,13). The summed E-state index contributed by atoms with van der Waals surface area (Å²) < 4.78 is 13.1. The fraction of sp³-hybridized carbons (Fsp3) is 0.111. The van der Waals surface area contributed by atoms with Crippen molar-refractivity contribution in [1.82, 2.24) is 15.0 Å². The Morgan fingerprint density at radius 2 is 2.43 bits per heavy atom. The van der Waals surface area contributed by atoms with Crippen molar-refractivity contribution >= 4 is 5.82 Å². The van der Waals surface area contributed by atoms with Gasteiger partial charge in [0.2, 0.25) is 0 Å². The van der Waals surface area contributed by atoms with Crippen molar-refractivity contribution in [3.05, 3.63) is 42.4 Å². The van der Waals surface area contributed by atoms with Crippen LogP contribution in [0.15, 0.2) is 30.9 Å². The number of halogens is 1. The van der Waals surface area contributed by atoms with Gasteiger partial charge in [0.15, 0.2) is 11.6 Å². The third-order valence-corrected chi connectivity index (χ3v) is 1.76. The highest BCUT2D eigenvalue weighted by atomic mass is 19.1. The molecule has 14 heavy (non-hydrogen) atoms. The van der Waals surface area contributed by atoms with Crippen molar-refractivity contribution in [2.45, 2.75) is 6.54 Å². The molecule has 0 aliphatic heterocycles. The van der Waals surface area contributed by atoms with Crippen LogP contribution in [-0.2, 0) is 6.54 Å². The lowest BCUT2D eigenvalue weighted by Crippen LogP contribution is -2.03. The number of hydrogen-bond acceptors (Lipinski definition) is 3. The summed E-state index contributed by atoms with van der Waals surface area (Å²) in [5.41, 5.74) is 0.884. The largest absolute Gasteiger partial charge is 0.362 e. The second kappa shape index (κ2) is 3.87. The van der Waals surface area contributed by atoms with Gasteiger partial charge >= 0.3 is 0 Å². The molecule has 0 aliphatic rings. The molecule has 0 unspecified atom stereocenters. The third kappa shape index (κ3) is 1.87. The Hall–Kier alpha value is -1.91. The summed E-state index contributed by atoms with van der Waals surface area (Å²) in [6.07, 6.45) is 4.79. The lowest BCUT2D eigenvalue weighted by atomic mass is 10.4. The Morgan fingerprint density at radius 3 is 3.14 bits per heavy atom. The summed E-state index contributed by atoms with van der Waals surface area (Å²) in [6, 6.07) is 2.92. The Bertz CT molecular complexity index is 399. The minimum Gasteiger partial charge on any atom is -0.362 e. The molecular weight excluding hydrogens is 183 g/mol. The van der Waals surface area contributed by atoms with Crippen LogP contribution in [0.3, 0.4) is 0 Å². The van der Waals surface area contributed by atoms with Crippen molar-refractivity contribution in [1.29, 1.82) is 0 Å². The number of anilines is 1. The molecule has 5 heteroatoms. The van der Waals surface area contributed by atoms with Crippen molar-refractivity contribution in [3.8, 4) is 0 Å². The molecule has 2 aromatic rings.